The van der Waals surface area contributed by atoms with Gasteiger partial charge in [-0.05, 0) is 90.3 Å². The van der Waals surface area contributed by atoms with Gasteiger partial charge in [-0.2, -0.15) is 0 Å². The van der Waals surface area contributed by atoms with Crippen LogP contribution in [0.2, 0.25) is 0 Å². The quantitative estimate of drug-likeness (QED) is 0.168. The molecule has 1 aliphatic carbocycles. The van der Waals surface area contributed by atoms with Crippen LogP contribution in [0.25, 0.3) is 104 Å². The van der Waals surface area contributed by atoms with Gasteiger partial charge >= 0.3 is 0 Å². The smallest absolute Gasteiger partial charge is 0.164 e. The summed E-state index contributed by atoms with van der Waals surface area (Å²) in [6.45, 7) is 0. The van der Waals surface area contributed by atoms with Gasteiger partial charge in [0, 0.05) is 39.1 Å². The number of quaternary nitrogens is 1. The van der Waals surface area contributed by atoms with E-state index in [2.05, 4.69) is 234 Å². The summed E-state index contributed by atoms with van der Waals surface area (Å²) < 4.78 is 2.49. The van der Waals surface area contributed by atoms with E-state index in [-0.39, 0.29) is 6.04 Å². The Morgan fingerprint density at radius 2 is 0.889 bits per heavy atom. The van der Waals surface area contributed by atoms with Crippen molar-refractivity contribution in [2.75, 3.05) is 0 Å². The summed E-state index contributed by atoms with van der Waals surface area (Å²) in [6.07, 6.45) is 6.93. The SMILES string of the molecule is C1=CC2=NC(c3ccc(-c4cccc5ccccc45)cc3)=C(c3ccc(-c4cccc5ccccc45)cc3)[NH2+]C2C=C1n1c2ccccc2c2c3ccccc3c3ccccc3c21. The molecule has 3 heteroatoms. The highest BCUT2D eigenvalue weighted by Crippen LogP contribution is 2.43. The summed E-state index contributed by atoms with van der Waals surface area (Å²) in [5, 5.41) is 15.1. The van der Waals surface area contributed by atoms with Crippen molar-refractivity contribution < 1.29 is 5.32 Å². The van der Waals surface area contributed by atoms with Gasteiger partial charge in [-0.3, -0.25) is 0 Å². The van der Waals surface area contributed by atoms with Crippen LogP contribution in [0, 0.1) is 0 Å². The fraction of sp³-hybridized carbons (Fsp3) is 0.0167. The molecular weight excluding hydrogens is 763 g/mol. The highest BCUT2D eigenvalue weighted by molar-refractivity contribution is 6.32. The molecule has 3 nitrogen and oxygen atoms in total. The topological polar surface area (TPSA) is 33.9 Å². The minimum atomic E-state index is -0.0283. The predicted octanol–water partition coefficient (Wildman–Crippen LogP) is 14.1. The second-order valence-electron chi connectivity index (χ2n) is 16.8. The van der Waals surface area contributed by atoms with Gasteiger partial charge in [-0.15, -0.1) is 0 Å². The van der Waals surface area contributed by atoms with Crippen LogP contribution in [0.5, 0.6) is 0 Å². The van der Waals surface area contributed by atoms with Crippen LogP contribution < -0.4 is 5.32 Å². The lowest BCUT2D eigenvalue weighted by Gasteiger charge is -2.26. The standard InChI is InChI=1S/C60H39N3/c1-3-17-45-38(13-1)15-11-24-47(45)40-27-31-42(32-28-40)58-59(43-33-29-41(30-34-43)48-25-12-16-39-14-2-4-18-46(39)48)62-55-37-44(35-36-54(55)61-58)63-56-26-10-9-23-53(56)57-51-21-7-5-19-49(51)50-20-6-8-22-52(50)60(57)63/h1-37,55,62H/p+1. The van der Waals surface area contributed by atoms with Crippen LogP contribution in [0.3, 0.4) is 0 Å². The monoisotopic (exact) mass is 802 g/mol. The van der Waals surface area contributed by atoms with E-state index >= 15 is 0 Å². The molecular formula is C60H40N3+. The number of allylic oxidation sites excluding steroid dienone is 2. The molecule has 0 saturated carbocycles. The number of rotatable bonds is 5. The lowest BCUT2D eigenvalue weighted by atomic mass is 9.93. The molecule has 1 aromatic heterocycles. The number of nitrogens with zero attached hydrogens (tertiary/aromatic N) is 2. The molecule has 0 bridgehead atoms. The normalized spacial score (nSPS) is 15.1. The molecule has 13 rings (SSSR count). The summed E-state index contributed by atoms with van der Waals surface area (Å²) in [5.74, 6) is 0. The van der Waals surface area contributed by atoms with Crippen LogP contribution in [-0.2, 0) is 0 Å². The molecule has 0 saturated heterocycles. The largest absolute Gasteiger partial charge is 0.309 e. The van der Waals surface area contributed by atoms with Gasteiger partial charge in [0.2, 0.25) is 0 Å². The molecule has 2 aliphatic rings. The van der Waals surface area contributed by atoms with Gasteiger partial charge in [0.25, 0.3) is 0 Å². The van der Waals surface area contributed by atoms with E-state index in [1.165, 1.54) is 87.1 Å². The van der Waals surface area contributed by atoms with Gasteiger partial charge in [-0.1, -0.05) is 188 Å². The van der Waals surface area contributed by atoms with Crippen molar-refractivity contribution in [3.05, 3.63) is 236 Å². The highest BCUT2D eigenvalue weighted by Gasteiger charge is 2.31. The molecule has 0 fully saturated rings. The Bertz CT molecular complexity index is 3790. The second-order valence-corrected chi connectivity index (χ2v) is 16.8. The van der Waals surface area contributed by atoms with Crippen LogP contribution in [-0.4, -0.2) is 16.3 Å². The van der Waals surface area contributed by atoms with Gasteiger partial charge in [0.1, 0.15) is 11.4 Å². The van der Waals surface area contributed by atoms with Crippen molar-refractivity contribution in [3.63, 3.8) is 0 Å². The van der Waals surface area contributed by atoms with E-state index in [1.807, 2.05) is 0 Å². The summed E-state index contributed by atoms with van der Waals surface area (Å²) in [6, 6.07) is 75.1. The van der Waals surface area contributed by atoms with E-state index < -0.39 is 0 Å². The minimum Gasteiger partial charge on any atom is -0.309 e. The summed E-state index contributed by atoms with van der Waals surface area (Å²) in [4.78, 5) is 5.56. The zero-order chi connectivity index (χ0) is 41.4. The van der Waals surface area contributed by atoms with Crippen LogP contribution in [0.4, 0.5) is 0 Å². The van der Waals surface area contributed by atoms with Gasteiger partial charge in [0.15, 0.2) is 11.7 Å². The molecule has 63 heavy (non-hydrogen) atoms. The van der Waals surface area contributed by atoms with Crippen molar-refractivity contribution in [1.82, 2.24) is 4.57 Å². The molecule has 1 unspecified atom stereocenters. The molecule has 294 valence electrons. The van der Waals surface area contributed by atoms with Gasteiger partial charge in [0.05, 0.1) is 11.0 Å². The molecule has 0 radical (unpaired) electrons. The number of para-hydroxylation sites is 1. The lowest BCUT2D eigenvalue weighted by Crippen LogP contribution is -2.89. The first kappa shape index (κ1) is 35.6. The maximum atomic E-state index is 5.56. The van der Waals surface area contributed by atoms with Crippen molar-refractivity contribution in [1.29, 1.82) is 0 Å². The van der Waals surface area contributed by atoms with Crippen molar-refractivity contribution in [2.24, 2.45) is 4.99 Å². The Hall–Kier alpha value is -8.11. The van der Waals surface area contributed by atoms with E-state index in [4.69, 9.17) is 4.99 Å². The molecule has 0 amide bonds. The Kier molecular flexibility index (Phi) is 8.05. The molecule has 1 aliphatic heterocycles. The number of nitrogens with two attached hydrogens (primary N) is 1. The molecule has 2 heterocycles. The maximum Gasteiger partial charge on any atom is 0.164 e. The molecule has 2 N–H and O–H groups in total. The van der Waals surface area contributed by atoms with E-state index in [9.17, 15) is 0 Å². The minimum absolute atomic E-state index is 0.0283. The van der Waals surface area contributed by atoms with E-state index in [0.29, 0.717) is 0 Å². The first-order chi connectivity index (χ1) is 31.2. The van der Waals surface area contributed by atoms with Crippen LogP contribution >= 0.6 is 0 Å². The van der Waals surface area contributed by atoms with Crippen LogP contribution in [0.1, 0.15) is 11.1 Å². The van der Waals surface area contributed by atoms with Crippen molar-refractivity contribution >= 4 is 87.7 Å². The third-order valence-corrected chi connectivity index (χ3v) is 13.3. The average Bonchev–Trinajstić information content (AvgIpc) is 3.71. The molecule has 0 spiro atoms. The Balaban J connectivity index is 0.961. The Labute approximate surface area is 364 Å². The number of aromatic nitrogens is 1. The molecule has 11 aromatic rings. The van der Waals surface area contributed by atoms with Crippen LogP contribution in [0.15, 0.2) is 229 Å². The summed E-state index contributed by atoms with van der Waals surface area (Å²) >= 11 is 0. The summed E-state index contributed by atoms with van der Waals surface area (Å²) in [7, 11) is 0. The number of aliphatic imine (C=N–C) groups is 1. The van der Waals surface area contributed by atoms with E-state index in [0.717, 1.165) is 33.9 Å². The first-order valence-corrected chi connectivity index (χ1v) is 21.8. The van der Waals surface area contributed by atoms with Gasteiger partial charge < -0.3 is 9.88 Å². The van der Waals surface area contributed by atoms with E-state index in [1.54, 1.807) is 0 Å². The number of benzene rings is 10. The number of hydrogen-bond acceptors (Lipinski definition) is 1. The van der Waals surface area contributed by atoms with Crippen molar-refractivity contribution in [2.45, 2.75) is 6.04 Å². The van der Waals surface area contributed by atoms with Gasteiger partial charge in [-0.25, -0.2) is 4.99 Å². The lowest BCUT2D eigenvalue weighted by molar-refractivity contribution is -0.573. The summed E-state index contributed by atoms with van der Waals surface area (Å²) in [5.41, 5.74) is 13.9. The zero-order valence-electron chi connectivity index (χ0n) is 34.4. The molecule has 1 atom stereocenters. The Morgan fingerprint density at radius 3 is 1.54 bits per heavy atom. The van der Waals surface area contributed by atoms with Crippen molar-refractivity contribution in [3.8, 4) is 22.3 Å². The Morgan fingerprint density at radius 1 is 0.397 bits per heavy atom. The second kappa shape index (κ2) is 14.2. The average molecular weight is 803 g/mol. The highest BCUT2D eigenvalue weighted by atomic mass is 15.0. The number of fused-ring (bicyclic) bond motifs is 11. The third-order valence-electron chi connectivity index (χ3n) is 13.3. The third kappa shape index (κ3) is 5.68. The zero-order valence-corrected chi connectivity index (χ0v) is 34.4. The first-order valence-electron chi connectivity index (χ1n) is 21.8. The molecule has 10 aromatic carbocycles. The number of hydrogen-bond donors (Lipinski definition) is 1. The fourth-order valence-electron chi connectivity index (χ4n) is 10.4. The predicted molar refractivity (Wildman–Crippen MR) is 267 cm³/mol. The fourth-order valence-corrected chi connectivity index (χ4v) is 10.4. The maximum absolute atomic E-state index is 5.56.